The molecule has 3 aromatic rings. The smallest absolute Gasteiger partial charge is 0.238 e. The highest BCUT2D eigenvalue weighted by Gasteiger charge is 2.36. The fraction of sp³-hybridized carbons (Fsp3) is 0.200. The zero-order chi connectivity index (χ0) is 18.1. The Morgan fingerprint density at radius 3 is 2.54 bits per heavy atom. The molecule has 1 amide bonds. The zero-order valence-corrected chi connectivity index (χ0v) is 16.1. The van der Waals surface area contributed by atoms with E-state index in [4.69, 9.17) is 9.72 Å². The van der Waals surface area contributed by atoms with Crippen molar-refractivity contribution >= 4 is 34.7 Å². The number of nitrogens with zero attached hydrogens (tertiary/aromatic N) is 2. The third kappa shape index (κ3) is 3.10. The van der Waals surface area contributed by atoms with Gasteiger partial charge in [0.15, 0.2) is 0 Å². The summed E-state index contributed by atoms with van der Waals surface area (Å²) < 4.78 is 5.22. The van der Waals surface area contributed by atoms with Gasteiger partial charge in [-0.1, -0.05) is 30.3 Å². The Morgan fingerprint density at radius 1 is 1.12 bits per heavy atom. The first-order valence-electron chi connectivity index (χ1n) is 8.28. The summed E-state index contributed by atoms with van der Waals surface area (Å²) in [4.78, 5) is 20.3. The predicted octanol–water partition coefficient (Wildman–Crippen LogP) is 4.91. The van der Waals surface area contributed by atoms with Crippen molar-refractivity contribution in [1.82, 2.24) is 4.98 Å². The van der Waals surface area contributed by atoms with Crippen LogP contribution in [0.15, 0.2) is 54.6 Å². The molecule has 1 aliphatic heterocycles. The van der Waals surface area contributed by atoms with Gasteiger partial charge in [0.05, 0.1) is 23.4 Å². The van der Waals surface area contributed by atoms with Crippen molar-refractivity contribution in [3.05, 3.63) is 65.2 Å². The second kappa shape index (κ2) is 7.13. The lowest BCUT2D eigenvalue weighted by Crippen LogP contribution is -2.27. The summed E-state index contributed by atoms with van der Waals surface area (Å²) in [5, 5.41) is 0.957. The highest BCUT2D eigenvalue weighted by atomic mass is 32.2. The monoisotopic (exact) mass is 382 g/mol. The number of hydrogen-bond donors (Lipinski definition) is 0. The van der Waals surface area contributed by atoms with Gasteiger partial charge >= 0.3 is 0 Å². The molecule has 1 fully saturated rings. The highest BCUT2D eigenvalue weighted by Crippen LogP contribution is 2.46. The summed E-state index contributed by atoms with van der Waals surface area (Å²) in [5.41, 5.74) is 2.98. The van der Waals surface area contributed by atoms with Crippen LogP contribution in [0.25, 0.3) is 10.6 Å². The number of methoxy groups -OCH3 is 1. The zero-order valence-electron chi connectivity index (χ0n) is 14.5. The summed E-state index contributed by atoms with van der Waals surface area (Å²) in [7, 11) is 1.64. The van der Waals surface area contributed by atoms with Crippen LogP contribution in [0.5, 0.6) is 5.75 Å². The van der Waals surface area contributed by atoms with Crippen LogP contribution in [0.3, 0.4) is 0 Å². The number of hydrogen-bond acceptors (Lipinski definition) is 5. The van der Waals surface area contributed by atoms with Gasteiger partial charge in [-0.15, -0.1) is 23.1 Å². The van der Waals surface area contributed by atoms with E-state index in [1.54, 1.807) is 30.2 Å². The summed E-state index contributed by atoms with van der Waals surface area (Å²) >= 11 is 3.32. The fourth-order valence-corrected chi connectivity index (χ4v) is 5.52. The van der Waals surface area contributed by atoms with E-state index in [0.717, 1.165) is 32.6 Å². The number of ether oxygens (including phenoxy) is 1. The van der Waals surface area contributed by atoms with Gasteiger partial charge in [0.1, 0.15) is 16.1 Å². The molecule has 0 radical (unpaired) electrons. The molecule has 1 unspecified atom stereocenters. The number of carbonyl (C=O) groups is 1. The lowest BCUT2D eigenvalue weighted by atomic mass is 10.2. The molecule has 0 N–H and O–H groups in total. The molecule has 132 valence electrons. The number of benzene rings is 2. The van der Waals surface area contributed by atoms with Crippen LogP contribution in [0.4, 0.5) is 5.69 Å². The van der Waals surface area contributed by atoms with Gasteiger partial charge in [-0.3, -0.25) is 9.69 Å². The molecular formula is C20H18N2O2S2. The van der Waals surface area contributed by atoms with Crippen LogP contribution in [0.1, 0.15) is 15.9 Å². The molecule has 0 saturated carbocycles. The molecule has 26 heavy (non-hydrogen) atoms. The molecule has 1 atom stereocenters. The first-order chi connectivity index (χ1) is 12.7. The molecule has 0 bridgehead atoms. The largest absolute Gasteiger partial charge is 0.497 e. The van der Waals surface area contributed by atoms with Crippen molar-refractivity contribution in [3.8, 4) is 16.3 Å². The first kappa shape index (κ1) is 17.1. The van der Waals surface area contributed by atoms with E-state index in [0.29, 0.717) is 5.75 Å². The van der Waals surface area contributed by atoms with Crippen molar-refractivity contribution in [2.24, 2.45) is 0 Å². The van der Waals surface area contributed by atoms with E-state index < -0.39 is 0 Å². The quantitative estimate of drug-likeness (QED) is 0.643. The molecule has 2 aromatic carbocycles. The molecule has 0 spiro atoms. The minimum atomic E-state index is -0.0362. The minimum absolute atomic E-state index is 0.0362. The molecule has 1 aliphatic rings. The second-order valence-corrected chi connectivity index (χ2v) is 8.06. The average Bonchev–Trinajstić information content (AvgIpc) is 3.25. The summed E-state index contributed by atoms with van der Waals surface area (Å²) in [6, 6.07) is 17.8. The van der Waals surface area contributed by atoms with E-state index in [9.17, 15) is 4.79 Å². The molecule has 4 nitrogen and oxygen atoms in total. The molecule has 6 heteroatoms. The summed E-state index contributed by atoms with van der Waals surface area (Å²) in [6.45, 7) is 2.02. The van der Waals surface area contributed by atoms with Crippen LogP contribution < -0.4 is 9.64 Å². The van der Waals surface area contributed by atoms with E-state index in [-0.39, 0.29) is 11.3 Å². The predicted molar refractivity (Wildman–Crippen MR) is 108 cm³/mol. The molecule has 2 heterocycles. The van der Waals surface area contributed by atoms with Gasteiger partial charge in [-0.05, 0) is 31.2 Å². The van der Waals surface area contributed by atoms with E-state index in [1.807, 2.05) is 54.3 Å². The van der Waals surface area contributed by atoms with Gasteiger partial charge in [0, 0.05) is 11.3 Å². The Hall–Kier alpha value is -2.31. The normalized spacial score (nSPS) is 16.9. The molecule has 4 rings (SSSR count). The highest BCUT2D eigenvalue weighted by molar-refractivity contribution is 8.01. The van der Waals surface area contributed by atoms with Crippen molar-refractivity contribution in [3.63, 3.8) is 0 Å². The number of aromatic nitrogens is 1. The lowest BCUT2D eigenvalue weighted by molar-refractivity contribution is -0.115. The first-order valence-corrected chi connectivity index (χ1v) is 10.1. The van der Waals surface area contributed by atoms with Crippen LogP contribution >= 0.6 is 23.1 Å². The van der Waals surface area contributed by atoms with Crippen LogP contribution in [-0.2, 0) is 4.79 Å². The number of anilines is 1. The minimum Gasteiger partial charge on any atom is -0.497 e. The Kier molecular flexibility index (Phi) is 4.70. The van der Waals surface area contributed by atoms with E-state index in [1.165, 1.54) is 0 Å². The van der Waals surface area contributed by atoms with E-state index >= 15 is 0 Å². The molecular weight excluding hydrogens is 364 g/mol. The number of carbonyl (C=O) groups excluding carboxylic acids is 1. The molecule has 1 aromatic heterocycles. The lowest BCUT2D eigenvalue weighted by Gasteiger charge is -2.23. The molecule has 1 saturated heterocycles. The van der Waals surface area contributed by atoms with E-state index in [2.05, 4.69) is 12.1 Å². The Labute approximate surface area is 160 Å². The third-order valence-corrected chi connectivity index (χ3v) is 6.88. The number of aryl methyl sites for hydroxylation is 1. The Morgan fingerprint density at radius 2 is 1.85 bits per heavy atom. The SMILES string of the molecule is COc1ccc(N2C(=O)CSC2c2sc(-c3ccccc3)nc2C)cc1. The van der Waals surface area contributed by atoms with Gasteiger partial charge < -0.3 is 4.74 Å². The number of thiazole rings is 1. The third-order valence-electron chi connectivity index (χ3n) is 4.30. The maximum Gasteiger partial charge on any atom is 0.238 e. The van der Waals surface area contributed by atoms with Crippen molar-refractivity contribution in [1.29, 1.82) is 0 Å². The Bertz CT molecular complexity index is 923. The van der Waals surface area contributed by atoms with Crippen molar-refractivity contribution in [2.45, 2.75) is 12.3 Å². The van der Waals surface area contributed by atoms with Gasteiger partial charge in [-0.25, -0.2) is 4.98 Å². The standard InChI is InChI=1S/C20H18N2O2S2/c1-13-18(26-19(21-13)14-6-4-3-5-7-14)20-22(17(23)12-25-20)15-8-10-16(24-2)11-9-15/h3-11,20H,12H2,1-2H3. The summed E-state index contributed by atoms with van der Waals surface area (Å²) in [6.07, 6.45) is 0. The van der Waals surface area contributed by atoms with Gasteiger partial charge in [-0.2, -0.15) is 0 Å². The number of thioether (sulfide) groups is 1. The van der Waals surface area contributed by atoms with Crippen LogP contribution in [-0.4, -0.2) is 23.8 Å². The maximum absolute atomic E-state index is 12.6. The van der Waals surface area contributed by atoms with Crippen LogP contribution in [0.2, 0.25) is 0 Å². The van der Waals surface area contributed by atoms with Gasteiger partial charge in [0.2, 0.25) is 5.91 Å². The number of amides is 1. The summed E-state index contributed by atoms with van der Waals surface area (Å²) in [5.74, 6) is 1.39. The van der Waals surface area contributed by atoms with Gasteiger partial charge in [0.25, 0.3) is 0 Å². The van der Waals surface area contributed by atoms with Crippen LogP contribution in [0, 0.1) is 6.92 Å². The average molecular weight is 383 g/mol. The Balaban J connectivity index is 1.70. The molecule has 0 aliphatic carbocycles. The topological polar surface area (TPSA) is 42.4 Å². The van der Waals surface area contributed by atoms with Crippen molar-refractivity contribution in [2.75, 3.05) is 17.8 Å². The van der Waals surface area contributed by atoms with Crippen molar-refractivity contribution < 1.29 is 9.53 Å². The fourth-order valence-electron chi connectivity index (χ4n) is 2.98. The number of rotatable bonds is 4. The second-order valence-electron chi connectivity index (χ2n) is 5.96. The maximum atomic E-state index is 12.6.